The van der Waals surface area contributed by atoms with Crippen LogP contribution in [0.1, 0.15) is 43.2 Å². The van der Waals surface area contributed by atoms with Crippen molar-refractivity contribution in [1.82, 2.24) is 13.8 Å². The van der Waals surface area contributed by atoms with Gasteiger partial charge in [-0.25, -0.2) is 12.4 Å². The SMILES string of the molecule is [N-]=[N+]=NCc1ccc(S(=O)(=O)n2ccc(CN3CCC(N4CCCCC4)CC3)c(O)c2=O)cc1. The number of likely N-dealkylation sites (tertiary alicyclic amines) is 2. The highest BCUT2D eigenvalue weighted by molar-refractivity contribution is 7.90. The summed E-state index contributed by atoms with van der Waals surface area (Å²) in [5.74, 6) is -0.538. The Morgan fingerprint density at radius 1 is 1.03 bits per heavy atom. The molecule has 0 amide bonds. The molecule has 2 aromatic rings. The summed E-state index contributed by atoms with van der Waals surface area (Å²) < 4.78 is 26.5. The summed E-state index contributed by atoms with van der Waals surface area (Å²) >= 11 is 0. The lowest BCUT2D eigenvalue weighted by Crippen LogP contribution is -2.46. The first-order chi connectivity index (χ1) is 16.4. The van der Waals surface area contributed by atoms with Crippen LogP contribution in [0.5, 0.6) is 5.75 Å². The van der Waals surface area contributed by atoms with Crippen molar-refractivity contribution in [1.29, 1.82) is 0 Å². The van der Waals surface area contributed by atoms with E-state index in [4.69, 9.17) is 5.53 Å². The Bertz CT molecular complexity index is 1210. The molecule has 0 bridgehead atoms. The summed E-state index contributed by atoms with van der Waals surface area (Å²) in [5, 5.41) is 14.0. The molecular weight excluding hydrogens is 456 g/mol. The molecule has 4 rings (SSSR count). The van der Waals surface area contributed by atoms with E-state index in [9.17, 15) is 18.3 Å². The summed E-state index contributed by atoms with van der Waals surface area (Å²) in [6.45, 7) is 4.61. The van der Waals surface area contributed by atoms with Crippen molar-refractivity contribution >= 4 is 10.0 Å². The van der Waals surface area contributed by atoms with Gasteiger partial charge < -0.3 is 10.0 Å². The number of azide groups is 1. The van der Waals surface area contributed by atoms with E-state index in [2.05, 4.69) is 19.8 Å². The van der Waals surface area contributed by atoms with Crippen molar-refractivity contribution in [2.24, 2.45) is 5.11 Å². The van der Waals surface area contributed by atoms with Crippen LogP contribution in [0.25, 0.3) is 10.4 Å². The van der Waals surface area contributed by atoms with Gasteiger partial charge in [0.05, 0.1) is 11.4 Å². The zero-order chi connectivity index (χ0) is 24.1. The van der Waals surface area contributed by atoms with E-state index < -0.39 is 21.3 Å². The lowest BCUT2D eigenvalue weighted by atomic mass is 9.99. The highest BCUT2D eigenvalue weighted by Crippen LogP contribution is 2.24. The molecule has 0 atom stereocenters. The Labute approximate surface area is 199 Å². The van der Waals surface area contributed by atoms with Gasteiger partial charge in [0.15, 0.2) is 5.75 Å². The number of nitrogens with zero attached hydrogens (tertiary/aromatic N) is 6. The average molecular weight is 487 g/mol. The van der Waals surface area contributed by atoms with Crippen molar-refractivity contribution in [3.05, 3.63) is 68.5 Å². The second-order valence-corrected chi connectivity index (χ2v) is 10.7. The molecule has 0 saturated carbocycles. The van der Waals surface area contributed by atoms with Crippen molar-refractivity contribution in [2.75, 3.05) is 26.2 Å². The predicted molar refractivity (Wildman–Crippen MR) is 128 cm³/mol. The van der Waals surface area contributed by atoms with Crippen LogP contribution in [0, 0.1) is 0 Å². The maximum absolute atomic E-state index is 13.0. The Morgan fingerprint density at radius 2 is 1.71 bits per heavy atom. The van der Waals surface area contributed by atoms with E-state index in [0.29, 0.717) is 27.7 Å². The van der Waals surface area contributed by atoms with Gasteiger partial charge in [-0.05, 0) is 81.2 Å². The molecule has 2 fully saturated rings. The van der Waals surface area contributed by atoms with Crippen molar-refractivity contribution < 1.29 is 13.5 Å². The maximum Gasteiger partial charge on any atom is 0.306 e. The van der Waals surface area contributed by atoms with Crippen LogP contribution in [-0.2, 0) is 23.1 Å². The molecular formula is C23H30N6O4S. The summed E-state index contributed by atoms with van der Waals surface area (Å²) in [6.07, 6.45) is 7.18. The molecule has 0 spiro atoms. The van der Waals surface area contributed by atoms with E-state index in [1.54, 1.807) is 0 Å². The van der Waals surface area contributed by atoms with Crippen LogP contribution < -0.4 is 5.56 Å². The van der Waals surface area contributed by atoms with Gasteiger partial charge >= 0.3 is 5.56 Å². The summed E-state index contributed by atoms with van der Waals surface area (Å²) in [6, 6.07) is 7.84. The Kier molecular flexibility index (Phi) is 7.57. The van der Waals surface area contributed by atoms with E-state index in [-0.39, 0.29) is 11.4 Å². The molecule has 1 aromatic carbocycles. The second kappa shape index (κ2) is 10.6. The van der Waals surface area contributed by atoms with Crippen molar-refractivity contribution in [2.45, 2.75) is 56.1 Å². The minimum Gasteiger partial charge on any atom is -0.503 e. The number of hydrogen-bond donors (Lipinski definition) is 1. The predicted octanol–water partition coefficient (Wildman–Crippen LogP) is 3.05. The van der Waals surface area contributed by atoms with Crippen molar-refractivity contribution in [3.63, 3.8) is 0 Å². The molecule has 2 aliphatic heterocycles. The molecule has 34 heavy (non-hydrogen) atoms. The number of pyridine rings is 1. The molecule has 0 unspecified atom stereocenters. The fourth-order valence-corrected chi connectivity index (χ4v) is 6.06. The van der Waals surface area contributed by atoms with E-state index >= 15 is 0 Å². The lowest BCUT2D eigenvalue weighted by Gasteiger charge is -2.40. The molecule has 0 aliphatic carbocycles. The first-order valence-corrected chi connectivity index (χ1v) is 13.1. The first kappa shape index (κ1) is 24.3. The Balaban J connectivity index is 1.44. The van der Waals surface area contributed by atoms with Crippen LogP contribution >= 0.6 is 0 Å². The Morgan fingerprint density at radius 3 is 2.35 bits per heavy atom. The lowest BCUT2D eigenvalue weighted by molar-refractivity contribution is 0.0893. The van der Waals surface area contributed by atoms with Crippen LogP contribution in [-0.4, -0.2) is 59.5 Å². The van der Waals surface area contributed by atoms with Gasteiger partial charge in [-0.15, -0.1) is 0 Å². The third-order valence-corrected chi connectivity index (χ3v) is 8.45. The fourth-order valence-electron chi connectivity index (χ4n) is 4.82. The molecule has 0 radical (unpaired) electrons. The van der Waals surface area contributed by atoms with Crippen LogP contribution in [0.4, 0.5) is 0 Å². The number of rotatable bonds is 7. The molecule has 1 N–H and O–H groups in total. The van der Waals surface area contributed by atoms with Gasteiger partial charge in [-0.2, -0.15) is 0 Å². The normalized spacial score (nSPS) is 18.5. The topological polar surface area (TPSA) is 132 Å². The molecule has 1 aromatic heterocycles. The second-order valence-electron chi connectivity index (χ2n) is 8.93. The van der Waals surface area contributed by atoms with E-state index in [1.807, 2.05) is 0 Å². The molecule has 2 aliphatic rings. The molecule has 2 saturated heterocycles. The van der Waals surface area contributed by atoms with Gasteiger partial charge in [0, 0.05) is 29.3 Å². The minimum absolute atomic E-state index is 0.0915. The maximum atomic E-state index is 13.0. The number of hydrogen-bond acceptors (Lipinski definition) is 7. The van der Waals surface area contributed by atoms with Crippen LogP contribution in [0.2, 0.25) is 0 Å². The van der Waals surface area contributed by atoms with E-state index in [0.717, 1.165) is 25.9 Å². The number of benzene rings is 1. The summed E-state index contributed by atoms with van der Waals surface area (Å²) in [5.41, 5.74) is 8.52. The summed E-state index contributed by atoms with van der Waals surface area (Å²) in [7, 11) is -4.18. The number of aromatic hydroxyl groups is 1. The highest BCUT2D eigenvalue weighted by atomic mass is 32.2. The molecule has 3 heterocycles. The standard InChI is InChI=1S/C23H30N6O4S/c24-26-25-16-18-4-6-21(7-5-18)34(32,33)29-15-8-19(22(30)23(29)31)17-27-13-9-20(10-14-27)28-11-2-1-3-12-28/h4-8,15,20,30H,1-3,9-14,16-17H2. The molecule has 11 heteroatoms. The zero-order valence-corrected chi connectivity index (χ0v) is 19.9. The summed E-state index contributed by atoms with van der Waals surface area (Å²) in [4.78, 5) is 20.1. The van der Waals surface area contributed by atoms with E-state index in [1.165, 1.54) is 68.9 Å². The van der Waals surface area contributed by atoms with Crippen molar-refractivity contribution in [3.8, 4) is 5.75 Å². The fraction of sp³-hybridized carbons (Fsp3) is 0.522. The van der Waals surface area contributed by atoms with Crippen LogP contribution in [0.3, 0.4) is 0 Å². The first-order valence-electron chi connectivity index (χ1n) is 11.7. The van der Waals surface area contributed by atoms with Gasteiger partial charge in [-0.1, -0.05) is 23.7 Å². The van der Waals surface area contributed by atoms with Gasteiger partial charge in [0.1, 0.15) is 0 Å². The number of piperidine rings is 2. The van der Waals surface area contributed by atoms with Gasteiger partial charge in [-0.3, -0.25) is 9.69 Å². The quantitative estimate of drug-likeness (QED) is 0.363. The smallest absolute Gasteiger partial charge is 0.306 e. The highest BCUT2D eigenvalue weighted by Gasteiger charge is 2.27. The third kappa shape index (κ3) is 5.28. The number of aromatic nitrogens is 1. The molecule has 182 valence electrons. The van der Waals surface area contributed by atoms with Gasteiger partial charge in [0.25, 0.3) is 10.0 Å². The zero-order valence-electron chi connectivity index (χ0n) is 19.1. The largest absolute Gasteiger partial charge is 0.503 e. The molecule has 10 nitrogen and oxygen atoms in total. The third-order valence-electron chi connectivity index (χ3n) is 6.77. The average Bonchev–Trinajstić information content (AvgIpc) is 2.86. The van der Waals surface area contributed by atoms with Gasteiger partial charge in [0.2, 0.25) is 0 Å². The Hall–Kier alpha value is -2.85. The monoisotopic (exact) mass is 486 g/mol. The minimum atomic E-state index is -4.18. The van der Waals surface area contributed by atoms with Crippen LogP contribution in [0.15, 0.2) is 51.3 Å².